The summed E-state index contributed by atoms with van der Waals surface area (Å²) in [6.45, 7) is 1.85. The molecule has 1 aliphatic rings. The molecule has 5 nitrogen and oxygen atoms in total. The molecule has 1 aromatic heterocycles. The summed E-state index contributed by atoms with van der Waals surface area (Å²) in [7, 11) is 1.53. The fourth-order valence-electron chi connectivity index (χ4n) is 3.68. The standard InChI is InChI=1S/C21H18F3N3O2/c1-11-3-4-15(29-2)10-16(11)25-21-26-20(28)19(24)18-6-5-17(27(18)21)12-7-13(22)9-14(23)8-12/h3-4,7-10,17H,5-6H2,1-2H3,(H,25,26,28). The molecule has 0 radical (unpaired) electrons. The van der Waals surface area contributed by atoms with Crippen molar-refractivity contribution in [2.75, 3.05) is 12.4 Å². The molecule has 1 unspecified atom stereocenters. The Morgan fingerprint density at radius 3 is 2.55 bits per heavy atom. The van der Waals surface area contributed by atoms with Gasteiger partial charge in [-0.1, -0.05) is 6.07 Å². The summed E-state index contributed by atoms with van der Waals surface area (Å²) in [5, 5.41) is 3.06. The summed E-state index contributed by atoms with van der Waals surface area (Å²) in [6.07, 6.45) is 0.634. The van der Waals surface area contributed by atoms with Crippen molar-refractivity contribution in [3.05, 3.63) is 81.0 Å². The Morgan fingerprint density at radius 2 is 1.86 bits per heavy atom. The van der Waals surface area contributed by atoms with Crippen molar-refractivity contribution in [1.82, 2.24) is 9.55 Å². The van der Waals surface area contributed by atoms with E-state index < -0.39 is 29.1 Å². The van der Waals surface area contributed by atoms with Crippen molar-refractivity contribution in [3.63, 3.8) is 0 Å². The molecule has 0 spiro atoms. The van der Waals surface area contributed by atoms with Crippen molar-refractivity contribution in [2.24, 2.45) is 0 Å². The zero-order chi connectivity index (χ0) is 20.7. The second-order valence-electron chi connectivity index (χ2n) is 6.93. The molecular formula is C21H18F3N3O2. The summed E-state index contributed by atoms with van der Waals surface area (Å²) < 4.78 is 48.7. The van der Waals surface area contributed by atoms with Gasteiger partial charge in [-0.25, -0.2) is 8.78 Å². The number of anilines is 2. The molecule has 0 bridgehead atoms. The smallest absolute Gasteiger partial charge is 0.310 e. The van der Waals surface area contributed by atoms with Gasteiger partial charge in [0.05, 0.1) is 18.8 Å². The van der Waals surface area contributed by atoms with Crippen LogP contribution in [0.3, 0.4) is 0 Å². The van der Waals surface area contributed by atoms with Gasteiger partial charge in [0.25, 0.3) is 0 Å². The molecule has 1 N–H and O–H groups in total. The van der Waals surface area contributed by atoms with Crippen LogP contribution >= 0.6 is 0 Å². The third-order valence-electron chi connectivity index (χ3n) is 5.09. The second kappa shape index (κ2) is 7.27. The Balaban J connectivity index is 1.86. The van der Waals surface area contributed by atoms with E-state index in [1.54, 1.807) is 12.1 Å². The van der Waals surface area contributed by atoms with E-state index in [-0.39, 0.29) is 18.1 Å². The van der Waals surface area contributed by atoms with Crippen LogP contribution in [-0.2, 0) is 6.42 Å². The summed E-state index contributed by atoms with van der Waals surface area (Å²) in [5.41, 5.74) is 0.989. The Bertz CT molecular complexity index is 1140. The van der Waals surface area contributed by atoms with Crippen molar-refractivity contribution in [3.8, 4) is 5.75 Å². The molecular weight excluding hydrogens is 383 g/mol. The maximum absolute atomic E-state index is 14.5. The summed E-state index contributed by atoms with van der Waals surface area (Å²) in [5.74, 6) is -1.69. The van der Waals surface area contributed by atoms with Crippen molar-refractivity contribution in [2.45, 2.75) is 25.8 Å². The van der Waals surface area contributed by atoms with Gasteiger partial charge in [0, 0.05) is 17.8 Å². The van der Waals surface area contributed by atoms with Crippen LogP contribution in [0.4, 0.5) is 24.8 Å². The zero-order valence-electron chi connectivity index (χ0n) is 15.8. The van der Waals surface area contributed by atoms with Gasteiger partial charge in [-0.05, 0) is 49.1 Å². The largest absolute Gasteiger partial charge is 0.497 e. The fourth-order valence-corrected chi connectivity index (χ4v) is 3.68. The van der Waals surface area contributed by atoms with E-state index in [0.717, 1.165) is 11.6 Å². The third kappa shape index (κ3) is 3.46. The second-order valence-corrected chi connectivity index (χ2v) is 6.93. The molecule has 1 atom stereocenters. The van der Waals surface area contributed by atoms with E-state index in [4.69, 9.17) is 4.74 Å². The molecule has 0 aliphatic carbocycles. The first kappa shape index (κ1) is 19.0. The van der Waals surface area contributed by atoms with Gasteiger partial charge in [0.2, 0.25) is 11.8 Å². The van der Waals surface area contributed by atoms with Crippen LogP contribution in [0.15, 0.2) is 41.2 Å². The average molecular weight is 401 g/mol. The lowest BCUT2D eigenvalue weighted by Crippen LogP contribution is -2.23. The number of aryl methyl sites for hydroxylation is 1. The highest BCUT2D eigenvalue weighted by atomic mass is 19.1. The lowest BCUT2D eigenvalue weighted by Gasteiger charge is -2.21. The number of rotatable bonds is 4. The predicted molar refractivity (Wildman–Crippen MR) is 102 cm³/mol. The first-order valence-corrected chi connectivity index (χ1v) is 9.06. The molecule has 2 heterocycles. The Labute approximate surface area is 164 Å². The number of methoxy groups -OCH3 is 1. The van der Waals surface area contributed by atoms with Gasteiger partial charge in [-0.2, -0.15) is 9.37 Å². The Morgan fingerprint density at radius 1 is 1.14 bits per heavy atom. The third-order valence-corrected chi connectivity index (χ3v) is 5.09. The number of hydrogen-bond donors (Lipinski definition) is 1. The van der Waals surface area contributed by atoms with Gasteiger partial charge in [-0.15, -0.1) is 0 Å². The van der Waals surface area contributed by atoms with Gasteiger partial charge < -0.3 is 14.6 Å². The number of halogens is 3. The highest BCUT2D eigenvalue weighted by molar-refractivity contribution is 5.61. The van der Waals surface area contributed by atoms with Crippen molar-refractivity contribution < 1.29 is 17.9 Å². The predicted octanol–water partition coefficient (Wildman–Crippen LogP) is 4.26. The van der Waals surface area contributed by atoms with Gasteiger partial charge in [0.15, 0.2) is 0 Å². The van der Waals surface area contributed by atoms with E-state index in [2.05, 4.69) is 10.3 Å². The highest BCUT2D eigenvalue weighted by Gasteiger charge is 2.31. The van der Waals surface area contributed by atoms with Crippen LogP contribution in [0.25, 0.3) is 0 Å². The summed E-state index contributed by atoms with van der Waals surface area (Å²) in [4.78, 5) is 15.9. The molecule has 4 rings (SSSR count). The Hall–Kier alpha value is -3.29. The quantitative estimate of drug-likeness (QED) is 0.710. The van der Waals surface area contributed by atoms with E-state index >= 15 is 0 Å². The van der Waals surface area contributed by atoms with Crippen LogP contribution in [0.2, 0.25) is 0 Å². The van der Waals surface area contributed by atoms with E-state index in [9.17, 15) is 18.0 Å². The summed E-state index contributed by atoms with van der Waals surface area (Å²) >= 11 is 0. The topological polar surface area (TPSA) is 56.1 Å². The number of ether oxygens (including phenoxy) is 1. The fraction of sp³-hybridized carbons (Fsp3) is 0.238. The molecule has 2 aromatic carbocycles. The maximum Gasteiger partial charge on any atom is 0.310 e. The number of hydrogen-bond acceptors (Lipinski definition) is 4. The zero-order valence-corrected chi connectivity index (χ0v) is 15.8. The minimum atomic E-state index is -0.981. The van der Waals surface area contributed by atoms with E-state index in [0.29, 0.717) is 23.4 Å². The molecule has 3 aromatic rings. The SMILES string of the molecule is COc1ccc(C)c(Nc2nc(=O)c(F)c3n2C(c2cc(F)cc(F)c2)CC3)c1. The molecule has 8 heteroatoms. The molecule has 1 aliphatic heterocycles. The van der Waals surface area contributed by atoms with Gasteiger partial charge in [-0.3, -0.25) is 4.79 Å². The number of nitrogens with one attached hydrogen (secondary N) is 1. The lowest BCUT2D eigenvalue weighted by molar-refractivity contribution is 0.415. The molecule has 0 saturated heterocycles. The number of fused-ring (bicyclic) bond motifs is 1. The lowest BCUT2D eigenvalue weighted by atomic mass is 10.0. The average Bonchev–Trinajstić information content (AvgIpc) is 3.12. The number of nitrogens with zero attached hydrogens (tertiary/aromatic N) is 2. The monoisotopic (exact) mass is 401 g/mol. The minimum Gasteiger partial charge on any atom is -0.497 e. The molecule has 0 fully saturated rings. The van der Waals surface area contributed by atoms with E-state index in [1.807, 2.05) is 13.0 Å². The maximum atomic E-state index is 14.5. The number of aromatic nitrogens is 2. The van der Waals surface area contributed by atoms with Gasteiger partial charge in [0.1, 0.15) is 17.4 Å². The molecule has 0 amide bonds. The van der Waals surface area contributed by atoms with Crippen molar-refractivity contribution in [1.29, 1.82) is 0 Å². The van der Waals surface area contributed by atoms with Crippen LogP contribution in [0.5, 0.6) is 5.75 Å². The first-order chi connectivity index (χ1) is 13.9. The Kier molecular flexibility index (Phi) is 4.77. The minimum absolute atomic E-state index is 0.106. The van der Waals surface area contributed by atoms with Crippen LogP contribution < -0.4 is 15.6 Å². The summed E-state index contributed by atoms with van der Waals surface area (Å²) in [6, 6.07) is 7.97. The number of benzene rings is 2. The van der Waals surface area contributed by atoms with Crippen LogP contribution in [0, 0.1) is 24.4 Å². The van der Waals surface area contributed by atoms with Gasteiger partial charge >= 0.3 is 5.56 Å². The normalized spacial score (nSPS) is 15.3. The van der Waals surface area contributed by atoms with Crippen LogP contribution in [-0.4, -0.2) is 16.7 Å². The van der Waals surface area contributed by atoms with Crippen molar-refractivity contribution >= 4 is 11.6 Å². The molecule has 150 valence electrons. The molecule has 29 heavy (non-hydrogen) atoms. The molecule has 0 saturated carbocycles. The first-order valence-electron chi connectivity index (χ1n) is 9.06. The van der Waals surface area contributed by atoms with E-state index in [1.165, 1.54) is 23.8 Å². The highest BCUT2D eigenvalue weighted by Crippen LogP contribution is 2.36. The van der Waals surface area contributed by atoms with Crippen LogP contribution in [0.1, 0.15) is 29.3 Å².